The van der Waals surface area contributed by atoms with Gasteiger partial charge in [0, 0.05) is 6.04 Å². The number of hydrogen-bond donors (Lipinski definition) is 1. The summed E-state index contributed by atoms with van der Waals surface area (Å²) < 4.78 is 0. The molecule has 0 aromatic carbocycles. The lowest BCUT2D eigenvalue weighted by molar-refractivity contribution is 0.293. The van der Waals surface area contributed by atoms with Crippen molar-refractivity contribution in [2.75, 3.05) is 0 Å². The largest absolute Gasteiger partial charge is 0.328 e. The molecule has 0 aromatic rings. The summed E-state index contributed by atoms with van der Waals surface area (Å²) in [6.45, 7) is 2.17. The molecule has 0 saturated heterocycles. The van der Waals surface area contributed by atoms with Crippen LogP contribution in [-0.2, 0) is 0 Å². The van der Waals surface area contributed by atoms with Crippen LogP contribution in [0.3, 0.4) is 0 Å². The van der Waals surface area contributed by atoms with Crippen LogP contribution in [0.25, 0.3) is 0 Å². The molecular weight excluding hydrogens is 122 g/mol. The third kappa shape index (κ3) is 0.878. The minimum Gasteiger partial charge on any atom is -0.328 e. The first-order chi connectivity index (χ1) is 4.77. The zero-order valence-electron chi connectivity index (χ0n) is 6.72. The smallest absolute Gasteiger partial charge is 0.00415 e. The lowest BCUT2D eigenvalue weighted by Gasteiger charge is -2.24. The van der Waals surface area contributed by atoms with Crippen molar-refractivity contribution < 1.29 is 0 Å². The van der Waals surface area contributed by atoms with E-state index in [0.29, 0.717) is 6.04 Å². The molecule has 0 amide bonds. The normalized spacial score (nSPS) is 48.0. The highest BCUT2D eigenvalue weighted by atomic mass is 14.7. The first kappa shape index (κ1) is 6.66. The molecule has 2 rings (SSSR count). The zero-order chi connectivity index (χ0) is 7.14. The second-order valence-electron chi connectivity index (χ2n) is 4.20. The van der Waals surface area contributed by atoms with Crippen LogP contribution in [0.5, 0.6) is 0 Å². The van der Waals surface area contributed by atoms with Crippen LogP contribution < -0.4 is 5.73 Å². The predicted octanol–water partition coefficient (Wildman–Crippen LogP) is 1.77. The van der Waals surface area contributed by atoms with Crippen molar-refractivity contribution in [1.29, 1.82) is 0 Å². The van der Waals surface area contributed by atoms with E-state index >= 15 is 0 Å². The SMILES string of the molecule is C[C@H](N)[C@@H]1C[C@@H]2CC[C@@H]1C2. The number of fused-ring (bicyclic) bond motifs is 2. The molecule has 0 aliphatic heterocycles. The van der Waals surface area contributed by atoms with E-state index in [0.717, 1.165) is 17.8 Å². The Hall–Kier alpha value is -0.0400. The van der Waals surface area contributed by atoms with Crippen LogP contribution in [-0.4, -0.2) is 6.04 Å². The molecule has 2 saturated carbocycles. The topological polar surface area (TPSA) is 26.0 Å². The molecule has 1 nitrogen and oxygen atoms in total. The Kier molecular flexibility index (Phi) is 1.48. The minimum absolute atomic E-state index is 0.454. The molecule has 2 aliphatic rings. The van der Waals surface area contributed by atoms with E-state index in [2.05, 4.69) is 6.92 Å². The van der Waals surface area contributed by atoms with Crippen LogP contribution >= 0.6 is 0 Å². The van der Waals surface area contributed by atoms with Gasteiger partial charge in [-0.3, -0.25) is 0 Å². The van der Waals surface area contributed by atoms with Gasteiger partial charge >= 0.3 is 0 Å². The van der Waals surface area contributed by atoms with E-state index in [1.165, 1.54) is 25.7 Å². The maximum Gasteiger partial charge on any atom is 0.00415 e. The Bertz CT molecular complexity index is 131. The molecule has 0 radical (unpaired) electrons. The van der Waals surface area contributed by atoms with Gasteiger partial charge in [-0.05, 0) is 43.9 Å². The van der Waals surface area contributed by atoms with Crippen molar-refractivity contribution in [3.05, 3.63) is 0 Å². The highest BCUT2D eigenvalue weighted by Gasteiger charge is 2.40. The maximum absolute atomic E-state index is 5.88. The minimum atomic E-state index is 0.454. The molecule has 4 atom stereocenters. The fraction of sp³-hybridized carbons (Fsp3) is 1.00. The Morgan fingerprint density at radius 3 is 2.40 bits per heavy atom. The summed E-state index contributed by atoms with van der Waals surface area (Å²) >= 11 is 0. The molecule has 0 heterocycles. The second kappa shape index (κ2) is 2.23. The van der Waals surface area contributed by atoms with Crippen molar-refractivity contribution in [1.82, 2.24) is 0 Å². The molecule has 2 aliphatic carbocycles. The molecule has 2 N–H and O–H groups in total. The Morgan fingerprint density at radius 2 is 2.10 bits per heavy atom. The van der Waals surface area contributed by atoms with Crippen LogP contribution in [0.15, 0.2) is 0 Å². The van der Waals surface area contributed by atoms with Gasteiger partial charge in [0.2, 0.25) is 0 Å². The van der Waals surface area contributed by atoms with Gasteiger partial charge in [-0.15, -0.1) is 0 Å². The quantitative estimate of drug-likeness (QED) is 0.588. The number of hydrogen-bond acceptors (Lipinski definition) is 1. The van der Waals surface area contributed by atoms with E-state index in [9.17, 15) is 0 Å². The molecule has 0 aromatic heterocycles. The molecule has 0 spiro atoms. The fourth-order valence-electron chi connectivity index (χ4n) is 2.94. The van der Waals surface area contributed by atoms with Crippen molar-refractivity contribution in [3.8, 4) is 0 Å². The van der Waals surface area contributed by atoms with E-state index < -0.39 is 0 Å². The van der Waals surface area contributed by atoms with Crippen LogP contribution in [0.1, 0.15) is 32.6 Å². The molecular formula is C9H17N. The maximum atomic E-state index is 5.88. The van der Waals surface area contributed by atoms with Gasteiger partial charge < -0.3 is 5.73 Å². The monoisotopic (exact) mass is 139 g/mol. The number of nitrogens with two attached hydrogens (primary N) is 1. The number of rotatable bonds is 1. The summed E-state index contributed by atoms with van der Waals surface area (Å²) in [5, 5.41) is 0. The molecule has 2 bridgehead atoms. The van der Waals surface area contributed by atoms with E-state index in [-0.39, 0.29) is 0 Å². The standard InChI is InChI=1S/C9H17N/c1-6(10)9-5-7-2-3-8(9)4-7/h6-9H,2-5,10H2,1H3/t6-,7+,8+,9-/m0/s1. The van der Waals surface area contributed by atoms with Gasteiger partial charge in [-0.2, -0.15) is 0 Å². The fourth-order valence-corrected chi connectivity index (χ4v) is 2.94. The summed E-state index contributed by atoms with van der Waals surface area (Å²) in [5.74, 6) is 2.93. The predicted molar refractivity (Wildman–Crippen MR) is 42.6 cm³/mol. The summed E-state index contributed by atoms with van der Waals surface area (Å²) in [6, 6.07) is 0.454. The van der Waals surface area contributed by atoms with E-state index in [4.69, 9.17) is 5.73 Å². The average molecular weight is 139 g/mol. The second-order valence-corrected chi connectivity index (χ2v) is 4.20. The van der Waals surface area contributed by atoms with Crippen LogP contribution in [0, 0.1) is 17.8 Å². The van der Waals surface area contributed by atoms with Gasteiger partial charge in [0.1, 0.15) is 0 Å². The van der Waals surface area contributed by atoms with Gasteiger partial charge in [0.25, 0.3) is 0 Å². The first-order valence-corrected chi connectivity index (χ1v) is 4.53. The average Bonchev–Trinajstić information content (AvgIpc) is 2.44. The summed E-state index contributed by atoms with van der Waals surface area (Å²) in [7, 11) is 0. The van der Waals surface area contributed by atoms with Gasteiger partial charge in [0.05, 0.1) is 0 Å². The van der Waals surface area contributed by atoms with Crippen molar-refractivity contribution in [2.45, 2.75) is 38.6 Å². The Balaban J connectivity index is 2.02. The van der Waals surface area contributed by atoms with E-state index in [1.54, 1.807) is 0 Å². The highest BCUT2D eigenvalue weighted by Crippen LogP contribution is 2.49. The summed E-state index contributed by atoms with van der Waals surface area (Å²) in [6.07, 6.45) is 5.89. The van der Waals surface area contributed by atoms with Crippen molar-refractivity contribution in [3.63, 3.8) is 0 Å². The molecule has 0 unspecified atom stereocenters. The Labute approximate surface area is 63.0 Å². The highest BCUT2D eigenvalue weighted by molar-refractivity contribution is 4.92. The lowest BCUT2D eigenvalue weighted by Crippen LogP contribution is -2.30. The van der Waals surface area contributed by atoms with Crippen molar-refractivity contribution in [2.24, 2.45) is 23.5 Å². The first-order valence-electron chi connectivity index (χ1n) is 4.53. The molecule has 2 fully saturated rings. The van der Waals surface area contributed by atoms with Gasteiger partial charge in [0.15, 0.2) is 0 Å². The summed E-state index contributed by atoms with van der Waals surface area (Å²) in [4.78, 5) is 0. The third-order valence-corrected chi connectivity index (χ3v) is 3.47. The van der Waals surface area contributed by atoms with E-state index in [1.807, 2.05) is 0 Å². The lowest BCUT2D eigenvalue weighted by atomic mass is 9.84. The Morgan fingerprint density at radius 1 is 1.30 bits per heavy atom. The molecule has 10 heavy (non-hydrogen) atoms. The van der Waals surface area contributed by atoms with Crippen LogP contribution in [0.2, 0.25) is 0 Å². The summed E-state index contributed by atoms with van der Waals surface area (Å²) in [5.41, 5.74) is 5.88. The third-order valence-electron chi connectivity index (χ3n) is 3.47. The van der Waals surface area contributed by atoms with Crippen LogP contribution in [0.4, 0.5) is 0 Å². The molecule has 58 valence electrons. The molecule has 1 heteroatoms. The van der Waals surface area contributed by atoms with Crippen molar-refractivity contribution >= 4 is 0 Å². The zero-order valence-corrected chi connectivity index (χ0v) is 6.72. The van der Waals surface area contributed by atoms with Gasteiger partial charge in [-0.25, -0.2) is 0 Å². The van der Waals surface area contributed by atoms with Gasteiger partial charge in [-0.1, -0.05) is 6.42 Å².